The van der Waals surface area contributed by atoms with Crippen LogP contribution in [0.1, 0.15) is 27.0 Å². The summed E-state index contributed by atoms with van der Waals surface area (Å²) in [5.74, 6) is 0.886. The van der Waals surface area contributed by atoms with Crippen LogP contribution in [0, 0.1) is 0 Å². The van der Waals surface area contributed by atoms with Gasteiger partial charge in [-0.1, -0.05) is 78.9 Å². The normalized spacial score (nSPS) is 10.7. The number of carbonyl (C=O) groups excluding carboxylic acids is 1. The molecule has 0 aliphatic carbocycles. The second-order valence-electron chi connectivity index (χ2n) is 5.42. The van der Waals surface area contributed by atoms with Gasteiger partial charge in [0.05, 0.1) is 7.11 Å². The smallest absolute Gasteiger partial charge is 0.193 e. The summed E-state index contributed by atoms with van der Waals surface area (Å²) in [6.07, 6.45) is 4.06. The molecule has 0 amide bonds. The minimum Gasteiger partial charge on any atom is -0.497 e. The summed E-state index contributed by atoms with van der Waals surface area (Å²) in [5, 5.41) is 0. The lowest BCUT2D eigenvalue weighted by atomic mass is 10.0. The third-order valence-corrected chi connectivity index (χ3v) is 3.79. The Morgan fingerprint density at radius 3 is 1.75 bits per heavy atom. The minimum atomic E-state index is 0.0429. The molecule has 0 radical (unpaired) electrons. The summed E-state index contributed by atoms with van der Waals surface area (Å²) in [4.78, 5) is 12.4. The van der Waals surface area contributed by atoms with Crippen molar-refractivity contribution in [3.8, 4) is 5.75 Å². The number of ether oxygens (including phenoxy) is 1. The predicted octanol–water partition coefficient (Wildman–Crippen LogP) is 5.10. The Balaban J connectivity index is 1.72. The highest BCUT2D eigenvalue weighted by atomic mass is 16.5. The average molecular weight is 314 g/mol. The van der Waals surface area contributed by atoms with Crippen LogP contribution in [0.5, 0.6) is 5.75 Å². The first-order valence-electron chi connectivity index (χ1n) is 7.78. The van der Waals surface area contributed by atoms with E-state index in [4.69, 9.17) is 4.74 Å². The first-order chi connectivity index (χ1) is 11.8. The third kappa shape index (κ3) is 3.79. The molecule has 0 aliphatic rings. The average Bonchev–Trinajstić information content (AvgIpc) is 2.67. The Morgan fingerprint density at radius 2 is 1.21 bits per heavy atom. The molecule has 3 aromatic rings. The molecule has 0 heterocycles. The van der Waals surface area contributed by atoms with Crippen molar-refractivity contribution < 1.29 is 9.53 Å². The van der Waals surface area contributed by atoms with E-state index >= 15 is 0 Å². The summed E-state index contributed by atoms with van der Waals surface area (Å²) < 4.78 is 5.15. The summed E-state index contributed by atoms with van der Waals surface area (Å²) >= 11 is 0. The Hall–Kier alpha value is -3.13. The Kier molecular flexibility index (Phi) is 4.87. The van der Waals surface area contributed by atoms with Crippen molar-refractivity contribution in [2.75, 3.05) is 7.11 Å². The number of benzene rings is 3. The molecule has 3 aromatic carbocycles. The first-order valence-corrected chi connectivity index (χ1v) is 7.78. The number of ketones is 1. The molecule has 3 rings (SSSR count). The zero-order valence-electron chi connectivity index (χ0n) is 13.5. The van der Waals surface area contributed by atoms with Gasteiger partial charge in [0.1, 0.15) is 5.75 Å². The van der Waals surface area contributed by atoms with Gasteiger partial charge in [-0.3, -0.25) is 4.79 Å². The van der Waals surface area contributed by atoms with Crippen LogP contribution in [0.3, 0.4) is 0 Å². The lowest BCUT2D eigenvalue weighted by Gasteiger charge is -2.02. The second-order valence-corrected chi connectivity index (χ2v) is 5.42. The van der Waals surface area contributed by atoms with Crippen molar-refractivity contribution in [1.82, 2.24) is 0 Å². The topological polar surface area (TPSA) is 26.3 Å². The van der Waals surface area contributed by atoms with Crippen LogP contribution in [0.25, 0.3) is 12.2 Å². The van der Waals surface area contributed by atoms with Gasteiger partial charge in [0.2, 0.25) is 0 Å². The SMILES string of the molecule is COc1ccc(/C=C\c2ccc(C(=O)c3ccccc3)cc2)cc1. The van der Waals surface area contributed by atoms with Crippen LogP contribution in [0.4, 0.5) is 0 Å². The molecular weight excluding hydrogens is 296 g/mol. The monoisotopic (exact) mass is 314 g/mol. The number of methoxy groups -OCH3 is 1. The molecule has 0 aliphatic heterocycles. The van der Waals surface area contributed by atoms with Gasteiger partial charge in [-0.2, -0.15) is 0 Å². The van der Waals surface area contributed by atoms with E-state index in [0.717, 1.165) is 16.9 Å². The lowest BCUT2D eigenvalue weighted by Crippen LogP contribution is -2.00. The van der Waals surface area contributed by atoms with E-state index in [1.165, 1.54) is 0 Å². The highest BCUT2D eigenvalue weighted by Gasteiger charge is 2.07. The molecule has 0 aromatic heterocycles. The molecule has 0 N–H and O–H groups in total. The van der Waals surface area contributed by atoms with Gasteiger partial charge in [0.15, 0.2) is 5.78 Å². The first kappa shape index (κ1) is 15.8. The van der Waals surface area contributed by atoms with E-state index < -0.39 is 0 Å². The van der Waals surface area contributed by atoms with Crippen molar-refractivity contribution in [3.63, 3.8) is 0 Å². The molecule has 0 atom stereocenters. The summed E-state index contributed by atoms with van der Waals surface area (Å²) in [5.41, 5.74) is 3.55. The maximum atomic E-state index is 12.4. The van der Waals surface area contributed by atoms with Crippen LogP contribution in [-0.4, -0.2) is 12.9 Å². The highest BCUT2D eigenvalue weighted by molar-refractivity contribution is 6.09. The highest BCUT2D eigenvalue weighted by Crippen LogP contribution is 2.15. The van der Waals surface area contributed by atoms with E-state index in [-0.39, 0.29) is 5.78 Å². The summed E-state index contributed by atoms with van der Waals surface area (Å²) in [6.45, 7) is 0. The minimum absolute atomic E-state index is 0.0429. The third-order valence-electron chi connectivity index (χ3n) is 3.79. The van der Waals surface area contributed by atoms with Crippen molar-refractivity contribution >= 4 is 17.9 Å². The van der Waals surface area contributed by atoms with E-state index in [9.17, 15) is 4.79 Å². The molecule has 0 bridgehead atoms. The van der Waals surface area contributed by atoms with E-state index in [1.54, 1.807) is 7.11 Å². The van der Waals surface area contributed by atoms with E-state index in [1.807, 2.05) is 91.0 Å². The van der Waals surface area contributed by atoms with Crippen LogP contribution >= 0.6 is 0 Å². The maximum absolute atomic E-state index is 12.4. The van der Waals surface area contributed by atoms with Crippen molar-refractivity contribution in [2.24, 2.45) is 0 Å². The van der Waals surface area contributed by atoms with Crippen LogP contribution in [0.2, 0.25) is 0 Å². The van der Waals surface area contributed by atoms with Crippen LogP contribution in [-0.2, 0) is 0 Å². The number of rotatable bonds is 5. The molecule has 2 heteroatoms. The molecule has 118 valence electrons. The molecule has 0 saturated carbocycles. The Bertz CT molecular complexity index is 829. The second kappa shape index (κ2) is 7.42. The predicted molar refractivity (Wildman–Crippen MR) is 98.2 cm³/mol. The Morgan fingerprint density at radius 1 is 0.708 bits per heavy atom. The zero-order chi connectivity index (χ0) is 16.8. The molecular formula is C22H18O2. The maximum Gasteiger partial charge on any atom is 0.193 e. The largest absolute Gasteiger partial charge is 0.497 e. The lowest BCUT2D eigenvalue weighted by molar-refractivity contribution is 0.103. The summed E-state index contributed by atoms with van der Waals surface area (Å²) in [7, 11) is 1.66. The fourth-order valence-corrected chi connectivity index (χ4v) is 2.41. The van der Waals surface area contributed by atoms with Gasteiger partial charge in [0.25, 0.3) is 0 Å². The van der Waals surface area contributed by atoms with Gasteiger partial charge in [-0.05, 0) is 23.3 Å². The van der Waals surface area contributed by atoms with E-state index in [0.29, 0.717) is 11.1 Å². The molecule has 24 heavy (non-hydrogen) atoms. The fourth-order valence-electron chi connectivity index (χ4n) is 2.41. The number of carbonyl (C=O) groups is 1. The summed E-state index contributed by atoms with van der Waals surface area (Å²) in [6, 6.07) is 24.8. The van der Waals surface area contributed by atoms with Gasteiger partial charge in [0, 0.05) is 11.1 Å². The Labute approximate surface area is 142 Å². The van der Waals surface area contributed by atoms with Gasteiger partial charge in [-0.25, -0.2) is 0 Å². The molecule has 0 unspecified atom stereocenters. The van der Waals surface area contributed by atoms with Crippen LogP contribution in [0.15, 0.2) is 78.9 Å². The van der Waals surface area contributed by atoms with Crippen LogP contribution < -0.4 is 4.74 Å². The number of hydrogen-bond acceptors (Lipinski definition) is 2. The molecule has 2 nitrogen and oxygen atoms in total. The van der Waals surface area contributed by atoms with Crippen molar-refractivity contribution in [3.05, 3.63) is 101 Å². The molecule has 0 saturated heterocycles. The van der Waals surface area contributed by atoms with E-state index in [2.05, 4.69) is 0 Å². The van der Waals surface area contributed by atoms with Gasteiger partial charge < -0.3 is 4.74 Å². The standard InChI is InChI=1S/C22H18O2/c1-24-21-15-11-18(12-16-21)8-7-17-9-13-20(14-10-17)22(23)19-5-3-2-4-6-19/h2-16H,1H3/b8-7-. The zero-order valence-corrected chi connectivity index (χ0v) is 13.5. The van der Waals surface area contributed by atoms with Crippen molar-refractivity contribution in [2.45, 2.75) is 0 Å². The quantitative estimate of drug-likeness (QED) is 0.484. The number of hydrogen-bond donors (Lipinski definition) is 0. The van der Waals surface area contributed by atoms with Gasteiger partial charge in [-0.15, -0.1) is 0 Å². The van der Waals surface area contributed by atoms with Gasteiger partial charge >= 0.3 is 0 Å². The molecule has 0 fully saturated rings. The van der Waals surface area contributed by atoms with Crippen molar-refractivity contribution in [1.29, 1.82) is 0 Å². The molecule has 0 spiro atoms. The fraction of sp³-hybridized carbons (Fsp3) is 0.0455.